The van der Waals surface area contributed by atoms with Crippen molar-refractivity contribution in [3.63, 3.8) is 0 Å². The lowest BCUT2D eigenvalue weighted by Crippen LogP contribution is -2.36. The van der Waals surface area contributed by atoms with E-state index in [2.05, 4.69) is 25.7 Å². The fraction of sp³-hybridized carbons (Fsp3) is 0.318. The molecule has 2 N–H and O–H groups in total. The number of nitrogens with zero attached hydrogens (tertiary/aromatic N) is 4. The van der Waals surface area contributed by atoms with Crippen LogP contribution >= 0.6 is 11.8 Å². The predicted octanol–water partition coefficient (Wildman–Crippen LogP) is 3.60. The average molecular weight is 455 g/mol. The molecule has 4 rings (SSSR count). The monoisotopic (exact) mass is 454 g/mol. The summed E-state index contributed by atoms with van der Waals surface area (Å²) in [6, 6.07) is 13.2. The molecule has 1 aromatic heterocycles. The maximum absolute atomic E-state index is 12.6. The number of nitrogens with one attached hydrogen (secondary N) is 2. The van der Waals surface area contributed by atoms with E-state index in [4.69, 9.17) is 9.47 Å². The summed E-state index contributed by atoms with van der Waals surface area (Å²) in [6.45, 7) is 3.09. The lowest BCUT2D eigenvalue weighted by atomic mass is 10.2. The molecule has 1 aliphatic heterocycles. The first kappa shape index (κ1) is 22.0. The zero-order valence-electron chi connectivity index (χ0n) is 18.1. The second-order valence-electron chi connectivity index (χ2n) is 7.28. The third kappa shape index (κ3) is 5.51. The van der Waals surface area contributed by atoms with Crippen molar-refractivity contribution in [1.82, 2.24) is 14.8 Å². The number of aromatic nitrogens is 3. The molecule has 3 aromatic rings. The molecule has 2 heterocycles. The van der Waals surface area contributed by atoms with Gasteiger partial charge in [-0.3, -0.25) is 0 Å². The van der Waals surface area contributed by atoms with E-state index >= 15 is 0 Å². The third-order valence-electron chi connectivity index (χ3n) is 5.03. The molecule has 10 heteroatoms. The van der Waals surface area contributed by atoms with E-state index in [0.29, 0.717) is 30.3 Å². The Kier molecular flexibility index (Phi) is 7.13. The molecule has 1 fully saturated rings. The minimum atomic E-state index is -0.333. The number of carbonyl (C=O) groups is 1. The molecule has 2 aromatic carbocycles. The molecule has 0 unspecified atom stereocenters. The number of morpholine rings is 1. The number of hydrogen-bond acceptors (Lipinski definition) is 7. The summed E-state index contributed by atoms with van der Waals surface area (Å²) in [5.41, 5.74) is 3.44. The van der Waals surface area contributed by atoms with Gasteiger partial charge in [0.2, 0.25) is 0 Å². The number of hydrogen-bond donors (Lipinski definition) is 2. The van der Waals surface area contributed by atoms with Crippen molar-refractivity contribution in [2.45, 2.75) is 10.9 Å². The van der Waals surface area contributed by atoms with Crippen molar-refractivity contribution >= 4 is 34.9 Å². The number of amides is 2. The largest absolute Gasteiger partial charge is 0.494 e. The maximum Gasteiger partial charge on any atom is 0.323 e. The van der Waals surface area contributed by atoms with Crippen LogP contribution in [0.25, 0.3) is 0 Å². The van der Waals surface area contributed by atoms with E-state index in [9.17, 15) is 4.79 Å². The Balaban J connectivity index is 1.37. The summed E-state index contributed by atoms with van der Waals surface area (Å²) >= 11 is 1.59. The van der Waals surface area contributed by atoms with Crippen LogP contribution in [0.3, 0.4) is 0 Å². The smallest absolute Gasteiger partial charge is 0.323 e. The topological polar surface area (TPSA) is 93.5 Å². The molecular formula is C22H26N6O3S. The van der Waals surface area contributed by atoms with Gasteiger partial charge < -0.3 is 29.6 Å². The Morgan fingerprint density at radius 3 is 2.78 bits per heavy atom. The lowest BCUT2D eigenvalue weighted by Gasteiger charge is -2.29. The standard InChI is InChI=1S/C22H26N6O3S/c1-27-15-23-26-22(27)32-14-16-4-3-5-17(12-16)24-21(29)25-19-7-6-18(13-20(19)30-2)28-8-10-31-11-9-28/h3-7,12-13,15H,8-11,14H2,1-2H3,(H2,24,25,29). The molecule has 0 atom stereocenters. The van der Waals surface area contributed by atoms with Gasteiger partial charge >= 0.3 is 6.03 Å². The molecule has 0 spiro atoms. The minimum Gasteiger partial charge on any atom is -0.494 e. The average Bonchev–Trinajstić information content (AvgIpc) is 3.23. The number of carbonyl (C=O) groups excluding carboxylic acids is 1. The summed E-state index contributed by atoms with van der Waals surface area (Å²) in [5.74, 6) is 1.33. The van der Waals surface area contributed by atoms with Crippen molar-refractivity contribution in [3.05, 3.63) is 54.4 Å². The maximum atomic E-state index is 12.6. The SMILES string of the molecule is COc1cc(N2CCOCC2)ccc1NC(=O)Nc1cccc(CSc2nncn2C)c1. The molecule has 0 aliphatic carbocycles. The van der Waals surface area contributed by atoms with Gasteiger partial charge in [-0.15, -0.1) is 10.2 Å². The van der Waals surface area contributed by atoms with E-state index < -0.39 is 0 Å². The van der Waals surface area contributed by atoms with Gasteiger partial charge in [0.1, 0.15) is 12.1 Å². The first-order valence-corrected chi connectivity index (χ1v) is 11.3. The van der Waals surface area contributed by atoms with E-state index in [0.717, 1.165) is 35.2 Å². The van der Waals surface area contributed by atoms with Crippen LogP contribution in [0.1, 0.15) is 5.56 Å². The van der Waals surface area contributed by atoms with Gasteiger partial charge in [0.05, 0.1) is 26.0 Å². The summed E-state index contributed by atoms with van der Waals surface area (Å²) in [4.78, 5) is 14.8. The fourth-order valence-electron chi connectivity index (χ4n) is 3.38. The lowest BCUT2D eigenvalue weighted by molar-refractivity contribution is 0.122. The summed E-state index contributed by atoms with van der Waals surface area (Å²) in [5, 5.41) is 14.6. The van der Waals surface area contributed by atoms with Gasteiger partial charge in [0, 0.05) is 43.3 Å². The highest BCUT2D eigenvalue weighted by atomic mass is 32.2. The molecule has 168 valence electrons. The molecule has 0 radical (unpaired) electrons. The van der Waals surface area contributed by atoms with Gasteiger partial charge in [-0.25, -0.2) is 4.79 Å². The van der Waals surface area contributed by atoms with Gasteiger partial charge in [-0.05, 0) is 29.8 Å². The second kappa shape index (κ2) is 10.4. The number of urea groups is 1. The van der Waals surface area contributed by atoms with E-state index in [1.165, 1.54) is 0 Å². The number of rotatable bonds is 7. The number of aryl methyl sites for hydroxylation is 1. The highest BCUT2D eigenvalue weighted by Crippen LogP contribution is 2.30. The van der Waals surface area contributed by atoms with Crippen LogP contribution < -0.4 is 20.3 Å². The van der Waals surface area contributed by atoms with Crippen molar-refractivity contribution in [2.75, 3.05) is 48.9 Å². The molecule has 1 saturated heterocycles. The molecule has 9 nitrogen and oxygen atoms in total. The highest BCUT2D eigenvalue weighted by molar-refractivity contribution is 7.98. The van der Waals surface area contributed by atoms with Crippen molar-refractivity contribution in [2.24, 2.45) is 7.05 Å². The van der Waals surface area contributed by atoms with Crippen LogP contribution in [0.5, 0.6) is 5.75 Å². The van der Waals surface area contributed by atoms with Crippen LogP contribution in [0, 0.1) is 0 Å². The van der Waals surface area contributed by atoms with Gasteiger partial charge in [0.15, 0.2) is 5.16 Å². The van der Waals surface area contributed by atoms with Gasteiger partial charge in [-0.1, -0.05) is 23.9 Å². The number of benzene rings is 2. The number of anilines is 3. The molecule has 2 amide bonds. The van der Waals surface area contributed by atoms with Crippen LogP contribution in [0.15, 0.2) is 53.9 Å². The van der Waals surface area contributed by atoms with E-state index in [1.54, 1.807) is 25.2 Å². The van der Waals surface area contributed by atoms with Crippen molar-refractivity contribution < 1.29 is 14.3 Å². The molecular weight excluding hydrogens is 428 g/mol. The Hall–Kier alpha value is -3.24. The minimum absolute atomic E-state index is 0.333. The Morgan fingerprint density at radius 2 is 2.03 bits per heavy atom. The summed E-state index contributed by atoms with van der Waals surface area (Å²) < 4.78 is 12.8. The second-order valence-corrected chi connectivity index (χ2v) is 8.22. The predicted molar refractivity (Wildman–Crippen MR) is 126 cm³/mol. The molecule has 0 bridgehead atoms. The molecule has 0 saturated carbocycles. The van der Waals surface area contributed by atoms with E-state index in [1.807, 2.05) is 54.1 Å². The zero-order chi connectivity index (χ0) is 22.3. The van der Waals surface area contributed by atoms with Crippen LogP contribution in [0.4, 0.5) is 21.9 Å². The third-order valence-corrected chi connectivity index (χ3v) is 6.14. The van der Waals surface area contributed by atoms with Crippen LogP contribution in [-0.4, -0.2) is 54.2 Å². The summed E-state index contributed by atoms with van der Waals surface area (Å²) in [7, 11) is 3.51. The van der Waals surface area contributed by atoms with Crippen molar-refractivity contribution in [1.29, 1.82) is 0 Å². The Labute approximate surface area is 191 Å². The quantitative estimate of drug-likeness (QED) is 0.527. The van der Waals surface area contributed by atoms with Crippen LogP contribution in [0.2, 0.25) is 0 Å². The van der Waals surface area contributed by atoms with Gasteiger partial charge in [0.25, 0.3) is 0 Å². The Morgan fingerprint density at radius 1 is 1.19 bits per heavy atom. The molecule has 1 aliphatic rings. The van der Waals surface area contributed by atoms with Crippen LogP contribution in [-0.2, 0) is 17.5 Å². The Bertz CT molecular complexity index is 1070. The molecule has 32 heavy (non-hydrogen) atoms. The number of thioether (sulfide) groups is 1. The first-order valence-electron chi connectivity index (χ1n) is 10.3. The fourth-order valence-corrected chi connectivity index (χ4v) is 4.21. The van der Waals surface area contributed by atoms with Crippen molar-refractivity contribution in [3.8, 4) is 5.75 Å². The number of methoxy groups -OCH3 is 1. The number of ether oxygens (including phenoxy) is 2. The first-order chi connectivity index (χ1) is 15.6. The highest BCUT2D eigenvalue weighted by Gasteiger charge is 2.15. The normalized spacial score (nSPS) is 13.6. The summed E-state index contributed by atoms with van der Waals surface area (Å²) in [6.07, 6.45) is 1.67. The van der Waals surface area contributed by atoms with E-state index in [-0.39, 0.29) is 6.03 Å². The zero-order valence-corrected chi connectivity index (χ0v) is 18.9. The van der Waals surface area contributed by atoms with Gasteiger partial charge in [-0.2, -0.15) is 0 Å².